The molecule has 0 aliphatic carbocycles. The van der Waals surface area contributed by atoms with Crippen LogP contribution in [0.15, 0.2) is 12.1 Å². The number of Topliss-reactive ketones (excluding diaryl/α,β-unsaturated/α-hetero) is 1. The van der Waals surface area contributed by atoms with E-state index in [0.29, 0.717) is 0 Å². The third kappa shape index (κ3) is 1.83. The first kappa shape index (κ1) is 9.64. The predicted molar refractivity (Wildman–Crippen MR) is 42.9 cm³/mol. The van der Waals surface area contributed by atoms with Crippen molar-refractivity contribution < 1.29 is 18.3 Å². The molecule has 0 atom stereocenters. The highest BCUT2D eigenvalue weighted by molar-refractivity contribution is 5.94. The largest absolute Gasteiger partial charge is 0.494 e. The van der Waals surface area contributed by atoms with Gasteiger partial charge in [-0.05, 0) is 13.0 Å². The Hall–Kier alpha value is -1.45. The number of hydrogen-bond acceptors (Lipinski definition) is 2. The van der Waals surface area contributed by atoms with Crippen LogP contribution in [0.1, 0.15) is 17.3 Å². The minimum absolute atomic E-state index is 0.206. The van der Waals surface area contributed by atoms with E-state index in [1.54, 1.807) is 0 Å². The molecule has 4 heteroatoms. The van der Waals surface area contributed by atoms with Crippen molar-refractivity contribution in [2.24, 2.45) is 0 Å². The number of halogens is 2. The first-order chi connectivity index (χ1) is 6.06. The van der Waals surface area contributed by atoms with E-state index >= 15 is 0 Å². The van der Waals surface area contributed by atoms with Crippen LogP contribution in [0.5, 0.6) is 5.75 Å². The van der Waals surface area contributed by atoms with E-state index in [1.807, 2.05) is 0 Å². The molecule has 0 amide bonds. The van der Waals surface area contributed by atoms with E-state index in [1.165, 1.54) is 14.0 Å². The van der Waals surface area contributed by atoms with Crippen molar-refractivity contribution in [3.8, 4) is 5.75 Å². The van der Waals surface area contributed by atoms with Crippen LogP contribution in [0.3, 0.4) is 0 Å². The van der Waals surface area contributed by atoms with Crippen LogP contribution in [0, 0.1) is 11.6 Å². The summed E-state index contributed by atoms with van der Waals surface area (Å²) >= 11 is 0. The maximum atomic E-state index is 13.0. The summed E-state index contributed by atoms with van der Waals surface area (Å²) in [5, 5.41) is 0. The molecule has 2 nitrogen and oxygen atoms in total. The van der Waals surface area contributed by atoms with Gasteiger partial charge in [-0.15, -0.1) is 0 Å². The Morgan fingerprint density at radius 1 is 1.31 bits per heavy atom. The summed E-state index contributed by atoms with van der Waals surface area (Å²) in [7, 11) is 1.23. The molecule has 1 aromatic carbocycles. The van der Waals surface area contributed by atoms with Gasteiger partial charge in [-0.3, -0.25) is 4.79 Å². The van der Waals surface area contributed by atoms with Crippen LogP contribution in [-0.4, -0.2) is 12.9 Å². The Labute approximate surface area is 74.1 Å². The zero-order valence-corrected chi connectivity index (χ0v) is 7.23. The zero-order chi connectivity index (χ0) is 10.0. The number of carbonyl (C=O) groups is 1. The van der Waals surface area contributed by atoms with E-state index in [4.69, 9.17) is 0 Å². The van der Waals surface area contributed by atoms with Gasteiger partial charge in [-0.1, -0.05) is 0 Å². The topological polar surface area (TPSA) is 26.3 Å². The molecule has 0 saturated heterocycles. The third-order valence-electron chi connectivity index (χ3n) is 1.62. The van der Waals surface area contributed by atoms with E-state index in [-0.39, 0.29) is 11.3 Å². The Kier molecular flexibility index (Phi) is 2.60. The maximum Gasteiger partial charge on any atom is 0.165 e. The molecule has 0 N–H and O–H groups in total. The number of ketones is 1. The summed E-state index contributed by atoms with van der Waals surface area (Å²) in [4.78, 5) is 10.8. The van der Waals surface area contributed by atoms with Gasteiger partial charge < -0.3 is 4.74 Å². The maximum absolute atomic E-state index is 13.0. The first-order valence-corrected chi connectivity index (χ1v) is 3.60. The highest BCUT2D eigenvalue weighted by atomic mass is 19.1. The van der Waals surface area contributed by atoms with Gasteiger partial charge in [0.05, 0.1) is 12.7 Å². The van der Waals surface area contributed by atoms with E-state index < -0.39 is 17.4 Å². The molecule has 0 saturated carbocycles. The lowest BCUT2D eigenvalue weighted by Crippen LogP contribution is -2.00. The normalized spacial score (nSPS) is 9.85. The molecule has 1 aromatic rings. The highest BCUT2D eigenvalue weighted by Gasteiger charge is 2.12. The second kappa shape index (κ2) is 3.51. The third-order valence-corrected chi connectivity index (χ3v) is 1.62. The number of hydrogen-bond donors (Lipinski definition) is 0. The predicted octanol–water partition coefficient (Wildman–Crippen LogP) is 2.18. The molecule has 0 radical (unpaired) electrons. The summed E-state index contributed by atoms with van der Waals surface area (Å²) in [5.41, 5.74) is -0.265. The summed E-state index contributed by atoms with van der Waals surface area (Å²) in [6.07, 6.45) is 0. The van der Waals surface area contributed by atoms with Crippen LogP contribution in [0.4, 0.5) is 8.78 Å². The fourth-order valence-corrected chi connectivity index (χ4v) is 0.955. The van der Waals surface area contributed by atoms with Gasteiger partial charge in [-0.2, -0.15) is 0 Å². The van der Waals surface area contributed by atoms with Gasteiger partial charge in [0.2, 0.25) is 0 Å². The van der Waals surface area contributed by atoms with Crippen molar-refractivity contribution in [3.05, 3.63) is 29.3 Å². The SMILES string of the molecule is COc1cc(F)c(C(C)=O)cc1F. The van der Waals surface area contributed by atoms with Crippen molar-refractivity contribution in [2.45, 2.75) is 6.92 Å². The van der Waals surface area contributed by atoms with Crippen LogP contribution >= 0.6 is 0 Å². The van der Waals surface area contributed by atoms with E-state index in [2.05, 4.69) is 4.74 Å². The van der Waals surface area contributed by atoms with Gasteiger partial charge in [0, 0.05) is 6.07 Å². The molecule has 13 heavy (non-hydrogen) atoms. The van der Waals surface area contributed by atoms with Crippen molar-refractivity contribution in [1.82, 2.24) is 0 Å². The molecular weight excluding hydrogens is 178 g/mol. The first-order valence-electron chi connectivity index (χ1n) is 3.60. The van der Waals surface area contributed by atoms with Crippen LogP contribution in [-0.2, 0) is 0 Å². The molecule has 0 spiro atoms. The van der Waals surface area contributed by atoms with Gasteiger partial charge in [0.1, 0.15) is 5.82 Å². The number of ether oxygens (including phenoxy) is 1. The van der Waals surface area contributed by atoms with Crippen LogP contribution < -0.4 is 4.74 Å². The second-order valence-electron chi connectivity index (χ2n) is 2.52. The van der Waals surface area contributed by atoms with Crippen molar-refractivity contribution in [1.29, 1.82) is 0 Å². The fourth-order valence-electron chi connectivity index (χ4n) is 0.955. The average Bonchev–Trinajstić information content (AvgIpc) is 2.07. The van der Waals surface area contributed by atoms with Gasteiger partial charge in [0.15, 0.2) is 17.3 Å². The van der Waals surface area contributed by atoms with Crippen molar-refractivity contribution >= 4 is 5.78 Å². The minimum Gasteiger partial charge on any atom is -0.494 e. The number of benzene rings is 1. The van der Waals surface area contributed by atoms with Crippen molar-refractivity contribution in [3.63, 3.8) is 0 Å². The fraction of sp³-hybridized carbons (Fsp3) is 0.222. The van der Waals surface area contributed by atoms with E-state index in [9.17, 15) is 13.6 Å². The Morgan fingerprint density at radius 2 is 1.92 bits per heavy atom. The number of carbonyl (C=O) groups excluding carboxylic acids is 1. The van der Waals surface area contributed by atoms with Crippen LogP contribution in [0.25, 0.3) is 0 Å². The lowest BCUT2D eigenvalue weighted by molar-refractivity contribution is 0.101. The van der Waals surface area contributed by atoms with Crippen molar-refractivity contribution in [2.75, 3.05) is 7.11 Å². The standard InChI is InChI=1S/C9H8F2O2/c1-5(12)6-3-8(11)9(13-2)4-7(6)10/h3-4H,1-2H3. The molecule has 0 heterocycles. The van der Waals surface area contributed by atoms with Gasteiger partial charge >= 0.3 is 0 Å². The molecule has 70 valence electrons. The smallest absolute Gasteiger partial charge is 0.165 e. The molecule has 1 rings (SSSR count). The molecule has 0 aliphatic rings. The van der Waals surface area contributed by atoms with Gasteiger partial charge in [0.25, 0.3) is 0 Å². The lowest BCUT2D eigenvalue weighted by Gasteiger charge is -2.04. The second-order valence-corrected chi connectivity index (χ2v) is 2.52. The Bertz CT molecular complexity index is 348. The summed E-state index contributed by atoms with van der Waals surface area (Å²) in [6.45, 7) is 1.17. The van der Waals surface area contributed by atoms with Gasteiger partial charge in [-0.25, -0.2) is 8.78 Å². The average molecular weight is 186 g/mol. The van der Waals surface area contributed by atoms with E-state index in [0.717, 1.165) is 12.1 Å². The summed E-state index contributed by atoms with van der Waals surface area (Å²) in [5.74, 6) is -2.23. The van der Waals surface area contributed by atoms with Crippen LogP contribution in [0.2, 0.25) is 0 Å². The summed E-state index contributed by atoms with van der Waals surface area (Å²) in [6, 6.07) is 1.68. The number of methoxy groups -OCH3 is 1. The molecule has 0 aliphatic heterocycles. The molecule has 0 aromatic heterocycles. The minimum atomic E-state index is -0.772. The highest BCUT2D eigenvalue weighted by Crippen LogP contribution is 2.21. The quantitative estimate of drug-likeness (QED) is 0.661. The Balaban J connectivity index is 3.28. The zero-order valence-electron chi connectivity index (χ0n) is 7.23. The lowest BCUT2D eigenvalue weighted by atomic mass is 10.1. The monoisotopic (exact) mass is 186 g/mol. The molecule has 0 fully saturated rings. The Morgan fingerprint density at radius 3 is 2.38 bits per heavy atom. The molecule has 0 unspecified atom stereocenters. The molecular formula is C9H8F2O2. The molecule has 0 bridgehead atoms. The number of rotatable bonds is 2. The summed E-state index contributed by atoms with van der Waals surface area (Å²) < 4.78 is 30.5.